The van der Waals surface area contributed by atoms with Gasteiger partial charge in [-0.25, -0.2) is 4.98 Å². The van der Waals surface area contributed by atoms with Crippen molar-refractivity contribution in [2.75, 3.05) is 51.8 Å². The van der Waals surface area contributed by atoms with E-state index >= 15 is 0 Å². The molecule has 0 unspecified atom stereocenters. The molecule has 1 fully saturated rings. The van der Waals surface area contributed by atoms with Gasteiger partial charge in [0, 0.05) is 37.1 Å². The van der Waals surface area contributed by atoms with Crippen LogP contribution >= 0.6 is 11.3 Å². The zero-order valence-corrected chi connectivity index (χ0v) is 21.8. The van der Waals surface area contributed by atoms with Crippen molar-refractivity contribution in [3.05, 3.63) is 53.9 Å². The molecule has 1 saturated heterocycles. The van der Waals surface area contributed by atoms with Gasteiger partial charge in [0.25, 0.3) is 0 Å². The number of amides is 1. The molecule has 3 aromatic rings. The second-order valence-corrected chi connectivity index (χ2v) is 9.31. The van der Waals surface area contributed by atoms with Gasteiger partial charge < -0.3 is 24.2 Å². The largest absolute Gasteiger partial charge is 0.497 e. The van der Waals surface area contributed by atoms with E-state index in [9.17, 15) is 4.79 Å². The van der Waals surface area contributed by atoms with Gasteiger partial charge in [-0.2, -0.15) is 0 Å². The topological polar surface area (TPSA) is 58.1 Å². The molecule has 0 radical (unpaired) electrons. The van der Waals surface area contributed by atoms with E-state index < -0.39 is 0 Å². The first-order chi connectivity index (χ1) is 17.1. The van der Waals surface area contributed by atoms with Crippen molar-refractivity contribution in [1.82, 2.24) is 14.8 Å². The van der Waals surface area contributed by atoms with Crippen LogP contribution in [-0.2, 0) is 4.79 Å². The van der Waals surface area contributed by atoms with Crippen LogP contribution in [-0.4, -0.2) is 73.7 Å². The van der Waals surface area contributed by atoms with Crippen molar-refractivity contribution in [3.63, 3.8) is 0 Å². The number of hydrogen-bond acceptors (Lipinski definition) is 7. The molecule has 2 heterocycles. The van der Waals surface area contributed by atoms with Gasteiger partial charge in [-0.3, -0.25) is 4.79 Å². The predicted octanol–water partition coefficient (Wildman–Crippen LogP) is 4.91. The number of ether oxygens (including phenoxy) is 2. The van der Waals surface area contributed by atoms with Gasteiger partial charge >= 0.3 is 0 Å². The molecule has 1 aliphatic heterocycles. The molecule has 0 aliphatic carbocycles. The Balaban J connectivity index is 1.70. The van der Waals surface area contributed by atoms with E-state index in [0.717, 1.165) is 66.3 Å². The predicted molar refractivity (Wildman–Crippen MR) is 142 cm³/mol. The summed E-state index contributed by atoms with van der Waals surface area (Å²) in [5, 5.41) is 2.81. The van der Waals surface area contributed by atoms with Crippen LogP contribution in [0.1, 0.15) is 20.3 Å². The molecule has 1 aromatic heterocycles. The van der Waals surface area contributed by atoms with Crippen LogP contribution in [0.3, 0.4) is 0 Å². The Labute approximate surface area is 211 Å². The van der Waals surface area contributed by atoms with Gasteiger partial charge in [-0.15, -0.1) is 11.3 Å². The summed E-state index contributed by atoms with van der Waals surface area (Å²) in [6.45, 7) is 8.55. The molecule has 4 rings (SSSR count). The van der Waals surface area contributed by atoms with Gasteiger partial charge in [-0.1, -0.05) is 26.0 Å². The molecule has 1 amide bonds. The zero-order valence-electron chi connectivity index (χ0n) is 20.9. The maximum absolute atomic E-state index is 13.8. The molecular weight excluding hydrogens is 460 g/mol. The number of nitrogens with zero attached hydrogens (tertiary/aromatic N) is 4. The first-order valence-corrected chi connectivity index (χ1v) is 13.0. The highest BCUT2D eigenvalue weighted by Gasteiger charge is 2.34. The minimum absolute atomic E-state index is 0.135. The van der Waals surface area contributed by atoms with Crippen molar-refractivity contribution in [2.24, 2.45) is 0 Å². The van der Waals surface area contributed by atoms with Crippen LogP contribution in [0.15, 0.2) is 53.9 Å². The molecule has 0 spiro atoms. The fraction of sp³-hybridized carbons (Fsp3) is 0.407. The molecule has 2 aromatic carbocycles. The maximum atomic E-state index is 13.8. The Morgan fingerprint density at radius 2 is 1.74 bits per heavy atom. The summed E-state index contributed by atoms with van der Waals surface area (Å²) in [4.78, 5) is 25.3. The Bertz CT molecular complexity index is 1110. The number of rotatable bonds is 9. The summed E-state index contributed by atoms with van der Waals surface area (Å²) < 4.78 is 11.0. The van der Waals surface area contributed by atoms with Crippen LogP contribution in [0.4, 0.5) is 10.8 Å². The summed E-state index contributed by atoms with van der Waals surface area (Å²) in [6, 6.07) is 15.3. The van der Waals surface area contributed by atoms with Crippen molar-refractivity contribution in [2.45, 2.75) is 26.3 Å². The third-order valence-electron chi connectivity index (χ3n) is 6.54. The van der Waals surface area contributed by atoms with Gasteiger partial charge in [0.1, 0.15) is 17.5 Å². The van der Waals surface area contributed by atoms with E-state index in [1.165, 1.54) is 11.3 Å². The number of methoxy groups -OCH3 is 2. The number of likely N-dealkylation sites (N-methyl/N-ethyl adjacent to an activating group) is 1. The number of para-hydroxylation sites is 2. The molecule has 186 valence electrons. The van der Waals surface area contributed by atoms with Crippen molar-refractivity contribution < 1.29 is 14.3 Å². The zero-order chi connectivity index (χ0) is 24.8. The van der Waals surface area contributed by atoms with E-state index in [4.69, 9.17) is 14.5 Å². The lowest BCUT2D eigenvalue weighted by molar-refractivity contribution is -0.134. The molecule has 0 bridgehead atoms. The highest BCUT2D eigenvalue weighted by atomic mass is 32.1. The number of carbonyl (C=O) groups is 1. The number of benzene rings is 2. The molecule has 7 nitrogen and oxygen atoms in total. The lowest BCUT2D eigenvalue weighted by Gasteiger charge is -2.38. The highest BCUT2D eigenvalue weighted by molar-refractivity contribution is 7.14. The quantitative estimate of drug-likeness (QED) is 0.421. The van der Waals surface area contributed by atoms with E-state index in [-0.39, 0.29) is 11.9 Å². The average molecular weight is 495 g/mol. The van der Waals surface area contributed by atoms with Crippen LogP contribution in [0, 0.1) is 0 Å². The summed E-state index contributed by atoms with van der Waals surface area (Å²) in [5.74, 6) is 1.66. The molecule has 1 atom stereocenters. The van der Waals surface area contributed by atoms with E-state index in [0.29, 0.717) is 6.42 Å². The lowest BCUT2D eigenvalue weighted by atomic mass is 10.1. The summed E-state index contributed by atoms with van der Waals surface area (Å²) >= 11 is 1.54. The third kappa shape index (κ3) is 5.44. The molecule has 8 heteroatoms. The molecule has 1 aliphatic rings. The second kappa shape index (κ2) is 11.6. The summed E-state index contributed by atoms with van der Waals surface area (Å²) in [7, 11) is 3.32. The van der Waals surface area contributed by atoms with E-state index in [1.54, 1.807) is 14.2 Å². The number of piperazine rings is 1. The van der Waals surface area contributed by atoms with Gasteiger partial charge in [0.2, 0.25) is 5.91 Å². The Kier molecular flexibility index (Phi) is 8.25. The van der Waals surface area contributed by atoms with Gasteiger partial charge in [0.05, 0.1) is 25.6 Å². The summed E-state index contributed by atoms with van der Waals surface area (Å²) in [5.41, 5.74) is 2.72. The maximum Gasteiger partial charge on any atom is 0.245 e. The van der Waals surface area contributed by atoms with Crippen molar-refractivity contribution in [1.29, 1.82) is 0 Å². The first kappa shape index (κ1) is 25.0. The van der Waals surface area contributed by atoms with E-state index in [2.05, 4.69) is 23.6 Å². The fourth-order valence-electron chi connectivity index (χ4n) is 4.47. The lowest BCUT2D eigenvalue weighted by Crippen LogP contribution is -2.54. The normalized spacial score (nSPS) is 15.0. The van der Waals surface area contributed by atoms with Crippen LogP contribution in [0.5, 0.6) is 11.5 Å². The van der Waals surface area contributed by atoms with E-state index in [1.807, 2.05) is 58.8 Å². The fourth-order valence-corrected chi connectivity index (χ4v) is 5.36. The highest BCUT2D eigenvalue weighted by Crippen LogP contribution is 2.39. The van der Waals surface area contributed by atoms with Crippen LogP contribution in [0.2, 0.25) is 0 Å². The minimum atomic E-state index is -0.380. The smallest absolute Gasteiger partial charge is 0.245 e. The van der Waals surface area contributed by atoms with Crippen LogP contribution in [0.25, 0.3) is 11.3 Å². The molecule has 0 N–H and O–H groups in total. The minimum Gasteiger partial charge on any atom is -0.497 e. The number of anilines is 2. The number of carbonyl (C=O) groups excluding carboxylic acids is 1. The number of thiazole rings is 1. The number of aromatic nitrogens is 1. The average Bonchev–Trinajstić information content (AvgIpc) is 3.41. The number of hydrogen-bond donors (Lipinski definition) is 0. The summed E-state index contributed by atoms with van der Waals surface area (Å²) in [6.07, 6.45) is 0.655. The Morgan fingerprint density at radius 3 is 2.37 bits per heavy atom. The van der Waals surface area contributed by atoms with Crippen molar-refractivity contribution in [3.8, 4) is 22.8 Å². The monoisotopic (exact) mass is 494 g/mol. The Morgan fingerprint density at radius 1 is 1.03 bits per heavy atom. The van der Waals surface area contributed by atoms with Crippen LogP contribution < -0.4 is 14.4 Å². The first-order valence-electron chi connectivity index (χ1n) is 12.1. The Hall–Kier alpha value is -3.10. The molecule has 0 saturated carbocycles. The SMILES string of the molecule is CC[C@@H](C(=O)N1CCN(CC)CC1)N(c1nc(-c2ccc(OC)cc2)cs1)c1ccccc1OC. The van der Waals surface area contributed by atoms with Gasteiger partial charge in [0.15, 0.2) is 5.13 Å². The van der Waals surface area contributed by atoms with Gasteiger partial charge in [-0.05, 0) is 49.4 Å². The third-order valence-corrected chi connectivity index (χ3v) is 7.38. The molecular formula is C27H34N4O3S. The molecule has 35 heavy (non-hydrogen) atoms. The standard InChI is InChI=1S/C27H34N4O3S/c1-5-23(26(32)30-17-15-29(6-2)16-18-30)31(24-9-7-8-10-25(24)34-4)27-28-22(19-35-27)20-11-13-21(33-3)14-12-20/h7-14,19,23H,5-6,15-18H2,1-4H3/t23-/m0/s1. The second-order valence-electron chi connectivity index (χ2n) is 8.47. The van der Waals surface area contributed by atoms with Crippen molar-refractivity contribution >= 4 is 28.1 Å².